The number of halogens is 1. The van der Waals surface area contributed by atoms with Gasteiger partial charge in [0.1, 0.15) is 12.8 Å². The van der Waals surface area contributed by atoms with Crippen molar-refractivity contribution in [2.45, 2.75) is 11.8 Å². The Labute approximate surface area is 110 Å². The van der Waals surface area contributed by atoms with E-state index in [-0.39, 0.29) is 0 Å². The number of fused-ring (bicyclic) bond motifs is 1. The molecule has 2 aliphatic heterocycles. The lowest BCUT2D eigenvalue weighted by Gasteiger charge is -2.36. The quantitative estimate of drug-likeness (QED) is 0.738. The molecule has 3 rings (SSSR count). The number of aliphatic hydroxyl groups excluding tert-OH is 1. The van der Waals surface area contributed by atoms with Crippen molar-refractivity contribution in [1.29, 1.82) is 0 Å². The van der Waals surface area contributed by atoms with Gasteiger partial charge < -0.3 is 24.8 Å². The molecule has 6 heteroatoms. The van der Waals surface area contributed by atoms with Crippen molar-refractivity contribution >= 4 is 17.3 Å². The Hall–Kier alpha value is -1.17. The average Bonchev–Trinajstić information content (AvgIpc) is 2.38. The van der Waals surface area contributed by atoms with E-state index in [0.717, 1.165) is 18.8 Å². The van der Waals surface area contributed by atoms with Crippen molar-refractivity contribution < 1.29 is 14.6 Å². The van der Waals surface area contributed by atoms with Gasteiger partial charge >= 0.3 is 0 Å². The smallest absolute Gasteiger partial charge is 0.206 e. The molecule has 1 saturated heterocycles. The number of anilines is 1. The van der Waals surface area contributed by atoms with Crippen LogP contribution < -0.4 is 19.7 Å². The average molecular weight is 271 g/mol. The second kappa shape index (κ2) is 4.84. The Balaban J connectivity index is 1.94. The molecule has 1 fully saturated rings. The third-order valence-corrected chi connectivity index (χ3v) is 3.31. The lowest BCUT2D eigenvalue weighted by Crippen LogP contribution is -2.51. The van der Waals surface area contributed by atoms with Gasteiger partial charge in [-0.05, 0) is 12.1 Å². The van der Waals surface area contributed by atoms with Gasteiger partial charge in [0.15, 0.2) is 11.5 Å². The zero-order valence-corrected chi connectivity index (χ0v) is 10.6. The third-order valence-electron chi connectivity index (χ3n) is 3.10. The first-order valence-corrected chi connectivity index (χ1v) is 6.41. The first-order valence-electron chi connectivity index (χ1n) is 5.97. The number of nitrogens with zero attached hydrogens (tertiary/aromatic N) is 1. The van der Waals surface area contributed by atoms with Crippen molar-refractivity contribution in [2.75, 3.05) is 31.1 Å². The Bertz CT molecular complexity index is 443. The molecule has 2 N–H and O–H groups in total. The standard InChI is InChI=1S/C12H15ClN2O3/c13-10-7-17-12-8(2-1-3-9(12)18-10)15-5-4-14-6-11(15)16/h1-3,10-11,14,16H,4-7H2. The highest BCUT2D eigenvalue weighted by Crippen LogP contribution is 2.41. The zero-order valence-electron chi connectivity index (χ0n) is 9.80. The van der Waals surface area contributed by atoms with Gasteiger partial charge in [-0.1, -0.05) is 17.7 Å². The largest absolute Gasteiger partial charge is 0.482 e. The van der Waals surface area contributed by atoms with Crippen LogP contribution in [0.2, 0.25) is 0 Å². The number of para-hydroxylation sites is 1. The Kier molecular flexibility index (Phi) is 3.20. The lowest BCUT2D eigenvalue weighted by atomic mass is 10.2. The fourth-order valence-electron chi connectivity index (χ4n) is 2.26. The fourth-order valence-corrected chi connectivity index (χ4v) is 2.42. The van der Waals surface area contributed by atoms with Crippen molar-refractivity contribution in [3.05, 3.63) is 18.2 Å². The van der Waals surface area contributed by atoms with Gasteiger partial charge in [-0.15, -0.1) is 0 Å². The summed E-state index contributed by atoms with van der Waals surface area (Å²) in [6.07, 6.45) is -0.553. The monoisotopic (exact) mass is 270 g/mol. The zero-order chi connectivity index (χ0) is 12.5. The SMILES string of the molecule is OC1CNCCN1c1cccc2c1OCC(Cl)O2. The molecule has 0 spiro atoms. The fraction of sp³-hybridized carbons (Fsp3) is 0.500. The molecular formula is C12H15ClN2O3. The summed E-state index contributed by atoms with van der Waals surface area (Å²) >= 11 is 5.89. The van der Waals surface area contributed by atoms with Crippen LogP contribution in [0.1, 0.15) is 0 Å². The maximum absolute atomic E-state index is 10.0. The van der Waals surface area contributed by atoms with E-state index in [4.69, 9.17) is 21.1 Å². The highest BCUT2D eigenvalue weighted by atomic mass is 35.5. The molecule has 0 aliphatic carbocycles. The number of rotatable bonds is 1. The van der Waals surface area contributed by atoms with E-state index >= 15 is 0 Å². The van der Waals surface area contributed by atoms with E-state index in [0.29, 0.717) is 24.7 Å². The van der Waals surface area contributed by atoms with Gasteiger partial charge in [-0.2, -0.15) is 0 Å². The van der Waals surface area contributed by atoms with Crippen LogP contribution in [-0.2, 0) is 0 Å². The van der Waals surface area contributed by atoms with Crippen LogP contribution in [-0.4, -0.2) is 43.1 Å². The molecule has 0 saturated carbocycles. The maximum Gasteiger partial charge on any atom is 0.206 e. The molecule has 2 atom stereocenters. The third kappa shape index (κ3) is 2.09. The molecule has 2 unspecified atom stereocenters. The highest BCUT2D eigenvalue weighted by molar-refractivity contribution is 6.20. The van der Waals surface area contributed by atoms with Gasteiger partial charge in [0.25, 0.3) is 0 Å². The predicted molar refractivity (Wildman–Crippen MR) is 68.4 cm³/mol. The molecule has 0 bridgehead atoms. The molecule has 2 heterocycles. The summed E-state index contributed by atoms with van der Waals surface area (Å²) in [6, 6.07) is 5.62. The van der Waals surface area contributed by atoms with E-state index in [2.05, 4.69) is 5.32 Å². The van der Waals surface area contributed by atoms with Crippen molar-refractivity contribution in [3.8, 4) is 11.5 Å². The minimum atomic E-state index is -0.553. The van der Waals surface area contributed by atoms with Crippen LogP contribution >= 0.6 is 11.6 Å². The molecule has 18 heavy (non-hydrogen) atoms. The number of piperazine rings is 1. The topological polar surface area (TPSA) is 54.0 Å². The van der Waals surface area contributed by atoms with E-state index in [9.17, 15) is 5.11 Å². The molecule has 1 aromatic rings. The second-order valence-electron chi connectivity index (χ2n) is 4.32. The van der Waals surface area contributed by atoms with E-state index in [1.54, 1.807) is 0 Å². The summed E-state index contributed by atoms with van der Waals surface area (Å²) in [7, 11) is 0. The Morgan fingerprint density at radius 1 is 1.44 bits per heavy atom. The number of ether oxygens (including phenoxy) is 2. The van der Waals surface area contributed by atoms with Crippen molar-refractivity contribution in [2.24, 2.45) is 0 Å². The van der Waals surface area contributed by atoms with Crippen LogP contribution in [0.5, 0.6) is 11.5 Å². The summed E-state index contributed by atoms with van der Waals surface area (Å²) in [4.78, 5) is 1.91. The van der Waals surface area contributed by atoms with Gasteiger partial charge in [0, 0.05) is 19.6 Å². The van der Waals surface area contributed by atoms with Gasteiger partial charge in [0.2, 0.25) is 5.56 Å². The number of nitrogens with one attached hydrogen (secondary N) is 1. The molecule has 1 aromatic carbocycles. The minimum absolute atomic E-state index is 0.313. The summed E-state index contributed by atoms with van der Waals surface area (Å²) in [6.45, 7) is 2.42. The number of β-amino-alcohol motifs (C(OH)–C–C–N with tert-alkyl or cyclic N) is 1. The van der Waals surface area contributed by atoms with Crippen LogP contribution in [0.25, 0.3) is 0 Å². The molecule has 2 aliphatic rings. The van der Waals surface area contributed by atoms with Crippen LogP contribution in [0, 0.1) is 0 Å². The van der Waals surface area contributed by atoms with E-state index < -0.39 is 11.8 Å². The van der Waals surface area contributed by atoms with Crippen LogP contribution in [0.3, 0.4) is 0 Å². The summed E-state index contributed by atoms with van der Waals surface area (Å²) in [5.41, 5.74) is 0.394. The summed E-state index contributed by atoms with van der Waals surface area (Å²) in [5.74, 6) is 1.29. The highest BCUT2D eigenvalue weighted by Gasteiger charge is 2.27. The van der Waals surface area contributed by atoms with Crippen molar-refractivity contribution in [1.82, 2.24) is 5.32 Å². The molecular weight excluding hydrogens is 256 g/mol. The lowest BCUT2D eigenvalue weighted by molar-refractivity contribution is 0.136. The van der Waals surface area contributed by atoms with E-state index in [1.165, 1.54) is 0 Å². The van der Waals surface area contributed by atoms with Crippen molar-refractivity contribution in [3.63, 3.8) is 0 Å². The Morgan fingerprint density at radius 3 is 3.17 bits per heavy atom. The number of benzene rings is 1. The molecule has 0 amide bonds. The van der Waals surface area contributed by atoms with Gasteiger partial charge in [-0.3, -0.25) is 0 Å². The van der Waals surface area contributed by atoms with E-state index in [1.807, 2.05) is 23.1 Å². The first-order chi connectivity index (χ1) is 8.75. The number of aliphatic hydroxyl groups is 1. The molecule has 5 nitrogen and oxygen atoms in total. The van der Waals surface area contributed by atoms with Crippen LogP contribution in [0.4, 0.5) is 5.69 Å². The first kappa shape index (κ1) is 11.9. The second-order valence-corrected chi connectivity index (χ2v) is 4.81. The minimum Gasteiger partial charge on any atom is -0.482 e. The Morgan fingerprint density at radius 2 is 2.33 bits per heavy atom. The molecule has 0 radical (unpaired) electrons. The van der Waals surface area contributed by atoms with Gasteiger partial charge in [-0.25, -0.2) is 0 Å². The van der Waals surface area contributed by atoms with Crippen LogP contribution in [0.15, 0.2) is 18.2 Å². The normalized spacial score (nSPS) is 27.1. The predicted octanol–water partition coefficient (Wildman–Crippen LogP) is 0.751. The maximum atomic E-state index is 10.0. The number of alkyl halides is 1. The number of hydrogen-bond acceptors (Lipinski definition) is 5. The number of hydrogen-bond donors (Lipinski definition) is 2. The summed E-state index contributed by atoms with van der Waals surface area (Å²) in [5, 5.41) is 13.2. The molecule has 0 aromatic heterocycles. The summed E-state index contributed by atoms with van der Waals surface area (Å²) < 4.78 is 11.2. The van der Waals surface area contributed by atoms with Gasteiger partial charge in [0.05, 0.1) is 5.69 Å². The molecule has 98 valence electrons.